The van der Waals surface area contributed by atoms with Crippen molar-refractivity contribution in [3.05, 3.63) is 0 Å². The molecule has 1 saturated heterocycles. The molecule has 1 rings (SSSR count). The topological polar surface area (TPSA) is 23.5 Å². The van der Waals surface area contributed by atoms with E-state index < -0.39 is 0 Å². The van der Waals surface area contributed by atoms with Crippen LogP contribution in [0.25, 0.3) is 0 Å². The molecule has 3 unspecified atom stereocenters. The molecule has 0 aromatic carbocycles. The highest BCUT2D eigenvalue weighted by Gasteiger charge is 2.25. The number of rotatable bonds is 3. The van der Waals surface area contributed by atoms with Gasteiger partial charge in [0.15, 0.2) is 0 Å². The highest BCUT2D eigenvalue weighted by Crippen LogP contribution is 2.24. The van der Waals surface area contributed by atoms with Crippen LogP contribution < -0.4 is 0 Å². The van der Waals surface area contributed by atoms with E-state index in [2.05, 4.69) is 37.4 Å². The molecule has 0 saturated carbocycles. The first-order chi connectivity index (χ1) is 6.15. The van der Waals surface area contributed by atoms with Crippen LogP contribution in [0.5, 0.6) is 0 Å². The Morgan fingerprint density at radius 3 is 2.85 bits per heavy atom. The maximum absolute atomic E-state index is 8.99. The summed E-state index contributed by atoms with van der Waals surface area (Å²) in [4.78, 5) is 2.50. The molecule has 1 aliphatic rings. The van der Waals surface area contributed by atoms with Crippen molar-refractivity contribution in [3.63, 3.8) is 0 Å². The van der Waals surface area contributed by atoms with Crippen LogP contribution in [0.4, 0.5) is 0 Å². The molecular formula is C10H21NOS. The second-order valence-corrected chi connectivity index (χ2v) is 5.58. The number of aliphatic hydroxyl groups excluding tert-OH is 1. The van der Waals surface area contributed by atoms with E-state index in [-0.39, 0.29) is 0 Å². The Kier molecular flexibility index (Phi) is 4.56. The van der Waals surface area contributed by atoms with Gasteiger partial charge in [0.1, 0.15) is 0 Å². The van der Waals surface area contributed by atoms with Crippen LogP contribution in [0.2, 0.25) is 0 Å². The van der Waals surface area contributed by atoms with Crippen LogP contribution in [0, 0.1) is 5.92 Å². The Hall–Kier alpha value is 0.270. The summed E-state index contributed by atoms with van der Waals surface area (Å²) in [5, 5.41) is 9.72. The maximum atomic E-state index is 8.99. The average Bonchev–Trinajstić information content (AvgIpc) is 2.13. The standard InChI is InChI=1S/C10H21NOS/c1-8(7-12)6-11-4-5-13-10(3)9(11)2/h8-10,12H,4-7H2,1-3H3. The second kappa shape index (κ2) is 5.23. The third-order valence-electron chi connectivity index (χ3n) is 2.87. The van der Waals surface area contributed by atoms with E-state index in [1.165, 1.54) is 12.3 Å². The lowest BCUT2D eigenvalue weighted by Gasteiger charge is -2.38. The fourth-order valence-corrected chi connectivity index (χ4v) is 2.87. The molecule has 13 heavy (non-hydrogen) atoms. The zero-order valence-corrected chi connectivity index (χ0v) is 9.68. The van der Waals surface area contributed by atoms with E-state index >= 15 is 0 Å². The molecule has 1 fully saturated rings. The monoisotopic (exact) mass is 203 g/mol. The smallest absolute Gasteiger partial charge is 0.0468 e. The Bertz CT molecular complexity index is 154. The summed E-state index contributed by atoms with van der Waals surface area (Å²) in [7, 11) is 0. The van der Waals surface area contributed by atoms with E-state index in [1.807, 2.05) is 0 Å². The second-order valence-electron chi connectivity index (χ2n) is 4.10. The zero-order chi connectivity index (χ0) is 9.84. The van der Waals surface area contributed by atoms with Gasteiger partial charge in [0, 0.05) is 36.7 Å². The molecule has 0 aliphatic carbocycles. The van der Waals surface area contributed by atoms with Gasteiger partial charge in [-0.05, 0) is 12.8 Å². The van der Waals surface area contributed by atoms with Crippen LogP contribution in [-0.4, -0.2) is 46.7 Å². The van der Waals surface area contributed by atoms with Gasteiger partial charge in [-0.2, -0.15) is 11.8 Å². The van der Waals surface area contributed by atoms with Crippen molar-refractivity contribution in [1.29, 1.82) is 0 Å². The first-order valence-electron chi connectivity index (χ1n) is 5.11. The Morgan fingerprint density at radius 2 is 2.23 bits per heavy atom. The van der Waals surface area contributed by atoms with Gasteiger partial charge in [0.25, 0.3) is 0 Å². The van der Waals surface area contributed by atoms with Crippen molar-refractivity contribution in [3.8, 4) is 0 Å². The molecule has 0 aromatic heterocycles. The van der Waals surface area contributed by atoms with Gasteiger partial charge in [-0.3, -0.25) is 4.90 Å². The van der Waals surface area contributed by atoms with Crippen molar-refractivity contribution in [2.45, 2.75) is 32.1 Å². The normalized spacial score (nSPS) is 33.2. The van der Waals surface area contributed by atoms with Crippen LogP contribution >= 0.6 is 11.8 Å². The van der Waals surface area contributed by atoms with Crippen LogP contribution in [0.15, 0.2) is 0 Å². The summed E-state index contributed by atoms with van der Waals surface area (Å²) < 4.78 is 0. The fourth-order valence-electron chi connectivity index (χ4n) is 1.71. The van der Waals surface area contributed by atoms with E-state index in [9.17, 15) is 0 Å². The number of nitrogens with zero attached hydrogens (tertiary/aromatic N) is 1. The van der Waals surface area contributed by atoms with Crippen molar-refractivity contribution in [2.24, 2.45) is 5.92 Å². The molecule has 0 spiro atoms. The number of hydrogen-bond acceptors (Lipinski definition) is 3. The Labute approximate surface area is 85.7 Å². The minimum Gasteiger partial charge on any atom is -0.396 e. The maximum Gasteiger partial charge on any atom is 0.0468 e. The molecule has 3 heteroatoms. The summed E-state index contributed by atoms with van der Waals surface area (Å²) in [6.07, 6.45) is 0. The highest BCUT2D eigenvalue weighted by molar-refractivity contribution is 8.00. The zero-order valence-electron chi connectivity index (χ0n) is 8.86. The lowest BCUT2D eigenvalue weighted by Crippen LogP contribution is -2.46. The molecule has 1 heterocycles. The first kappa shape index (κ1) is 11.3. The van der Waals surface area contributed by atoms with Crippen molar-refractivity contribution >= 4 is 11.8 Å². The molecule has 1 N–H and O–H groups in total. The van der Waals surface area contributed by atoms with Gasteiger partial charge in [-0.1, -0.05) is 13.8 Å². The molecular weight excluding hydrogens is 182 g/mol. The molecule has 0 bridgehead atoms. The van der Waals surface area contributed by atoms with Gasteiger partial charge >= 0.3 is 0 Å². The summed E-state index contributed by atoms with van der Waals surface area (Å²) in [5.41, 5.74) is 0. The van der Waals surface area contributed by atoms with Gasteiger partial charge < -0.3 is 5.11 Å². The van der Waals surface area contributed by atoms with Gasteiger partial charge in [0.2, 0.25) is 0 Å². The molecule has 0 amide bonds. The lowest BCUT2D eigenvalue weighted by atomic mass is 10.1. The number of thioether (sulfide) groups is 1. The molecule has 0 radical (unpaired) electrons. The molecule has 78 valence electrons. The largest absolute Gasteiger partial charge is 0.396 e. The van der Waals surface area contributed by atoms with Gasteiger partial charge in [0.05, 0.1) is 0 Å². The third kappa shape index (κ3) is 3.15. The van der Waals surface area contributed by atoms with Crippen LogP contribution in [-0.2, 0) is 0 Å². The summed E-state index contributed by atoms with van der Waals surface area (Å²) >= 11 is 2.06. The van der Waals surface area contributed by atoms with Crippen molar-refractivity contribution < 1.29 is 5.11 Å². The predicted octanol–water partition coefficient (Wildman–Crippen LogP) is 1.44. The first-order valence-corrected chi connectivity index (χ1v) is 6.16. The minimum absolute atomic E-state index is 0.310. The van der Waals surface area contributed by atoms with Crippen molar-refractivity contribution in [1.82, 2.24) is 4.90 Å². The lowest BCUT2D eigenvalue weighted by molar-refractivity contribution is 0.145. The van der Waals surface area contributed by atoms with Gasteiger partial charge in [-0.25, -0.2) is 0 Å². The van der Waals surface area contributed by atoms with Crippen molar-refractivity contribution in [2.75, 3.05) is 25.4 Å². The molecule has 3 atom stereocenters. The fraction of sp³-hybridized carbons (Fsp3) is 1.00. The molecule has 2 nitrogen and oxygen atoms in total. The number of hydrogen-bond donors (Lipinski definition) is 1. The van der Waals surface area contributed by atoms with Crippen LogP contribution in [0.1, 0.15) is 20.8 Å². The summed E-state index contributed by atoms with van der Waals surface area (Å²) in [6.45, 7) is 9.24. The SMILES string of the molecule is CC(CO)CN1CCSC(C)C1C. The Morgan fingerprint density at radius 1 is 1.54 bits per heavy atom. The van der Waals surface area contributed by atoms with Crippen LogP contribution in [0.3, 0.4) is 0 Å². The summed E-state index contributed by atoms with van der Waals surface area (Å²) in [5.74, 6) is 1.65. The van der Waals surface area contributed by atoms with E-state index in [0.29, 0.717) is 18.6 Å². The average molecular weight is 203 g/mol. The minimum atomic E-state index is 0.310. The highest BCUT2D eigenvalue weighted by atomic mass is 32.2. The number of aliphatic hydroxyl groups is 1. The molecule has 0 aromatic rings. The molecule has 1 aliphatic heterocycles. The Balaban J connectivity index is 2.39. The quantitative estimate of drug-likeness (QED) is 0.751. The third-order valence-corrected chi connectivity index (χ3v) is 4.21. The summed E-state index contributed by atoms with van der Waals surface area (Å²) in [6, 6.07) is 0.660. The van der Waals surface area contributed by atoms with E-state index in [0.717, 1.165) is 11.8 Å². The predicted molar refractivity (Wildman–Crippen MR) is 59.2 cm³/mol. The van der Waals surface area contributed by atoms with E-state index in [1.54, 1.807) is 0 Å². The van der Waals surface area contributed by atoms with Gasteiger partial charge in [-0.15, -0.1) is 0 Å². The van der Waals surface area contributed by atoms with E-state index in [4.69, 9.17) is 5.11 Å².